The van der Waals surface area contributed by atoms with E-state index in [1.54, 1.807) is 12.1 Å². The van der Waals surface area contributed by atoms with E-state index in [2.05, 4.69) is 0 Å². The van der Waals surface area contributed by atoms with Crippen molar-refractivity contribution >= 4 is 9.84 Å². The molecule has 0 radical (unpaired) electrons. The van der Waals surface area contributed by atoms with E-state index in [-0.39, 0.29) is 17.4 Å². The van der Waals surface area contributed by atoms with E-state index in [1.807, 2.05) is 0 Å². The van der Waals surface area contributed by atoms with Crippen molar-refractivity contribution in [1.82, 2.24) is 0 Å². The molecule has 5 heteroatoms. The van der Waals surface area contributed by atoms with Gasteiger partial charge in [0.15, 0.2) is 9.84 Å². The topological polar surface area (TPSA) is 67.5 Å². The first-order chi connectivity index (χ1) is 7.07. The fourth-order valence-corrected chi connectivity index (χ4v) is 3.85. The highest BCUT2D eigenvalue weighted by Crippen LogP contribution is 2.28. The van der Waals surface area contributed by atoms with Crippen molar-refractivity contribution in [2.45, 2.75) is 18.9 Å². The van der Waals surface area contributed by atoms with E-state index in [1.165, 1.54) is 6.26 Å². The van der Waals surface area contributed by atoms with Gasteiger partial charge in [-0.1, -0.05) is 0 Å². The van der Waals surface area contributed by atoms with Gasteiger partial charge in [0, 0.05) is 0 Å². The van der Waals surface area contributed by atoms with Crippen molar-refractivity contribution in [2.24, 2.45) is 5.92 Å². The quantitative estimate of drug-likeness (QED) is 0.845. The van der Waals surface area contributed by atoms with Crippen LogP contribution in [0.2, 0.25) is 0 Å². The Kier molecular flexibility index (Phi) is 2.84. The first kappa shape index (κ1) is 10.7. The lowest BCUT2D eigenvalue weighted by Gasteiger charge is -2.11. The second-order valence-electron chi connectivity index (χ2n) is 4.04. The van der Waals surface area contributed by atoms with Crippen molar-refractivity contribution in [3.8, 4) is 0 Å². The molecule has 1 aliphatic heterocycles. The molecule has 0 aliphatic carbocycles. The van der Waals surface area contributed by atoms with Gasteiger partial charge in [-0.2, -0.15) is 0 Å². The molecule has 15 heavy (non-hydrogen) atoms. The van der Waals surface area contributed by atoms with Crippen LogP contribution in [-0.4, -0.2) is 25.0 Å². The van der Waals surface area contributed by atoms with Crippen LogP contribution in [0.4, 0.5) is 0 Å². The van der Waals surface area contributed by atoms with Crippen LogP contribution in [0, 0.1) is 5.92 Å². The number of aliphatic hydroxyl groups excluding tert-OH is 1. The van der Waals surface area contributed by atoms with E-state index in [4.69, 9.17) is 4.42 Å². The van der Waals surface area contributed by atoms with Crippen molar-refractivity contribution in [3.63, 3.8) is 0 Å². The van der Waals surface area contributed by atoms with E-state index in [9.17, 15) is 13.5 Å². The summed E-state index contributed by atoms with van der Waals surface area (Å²) in [6.07, 6.45) is 1.94. The van der Waals surface area contributed by atoms with Crippen LogP contribution in [0.25, 0.3) is 0 Å². The second kappa shape index (κ2) is 3.98. The summed E-state index contributed by atoms with van der Waals surface area (Å²) in [5.74, 6) is 1.03. The molecule has 1 saturated heterocycles. The third-order valence-electron chi connectivity index (χ3n) is 2.75. The zero-order valence-corrected chi connectivity index (χ0v) is 9.11. The molecular weight excluding hydrogens is 216 g/mol. The average molecular weight is 230 g/mol. The molecule has 0 bridgehead atoms. The average Bonchev–Trinajstić information content (AvgIpc) is 2.74. The van der Waals surface area contributed by atoms with Crippen LogP contribution in [0.3, 0.4) is 0 Å². The summed E-state index contributed by atoms with van der Waals surface area (Å²) in [5.41, 5.74) is 0. The van der Waals surface area contributed by atoms with E-state index < -0.39 is 15.9 Å². The summed E-state index contributed by atoms with van der Waals surface area (Å²) in [7, 11) is -2.85. The predicted molar refractivity (Wildman–Crippen MR) is 55.0 cm³/mol. The minimum Gasteiger partial charge on any atom is -0.467 e. The maximum Gasteiger partial charge on any atom is 0.150 e. The normalized spacial score (nSPS) is 26.6. The summed E-state index contributed by atoms with van der Waals surface area (Å²) in [6.45, 7) is 0. The number of aliphatic hydroxyl groups is 1. The molecule has 84 valence electrons. The zero-order chi connectivity index (χ0) is 10.9. The Morgan fingerprint density at radius 1 is 1.60 bits per heavy atom. The molecule has 1 aromatic rings. The minimum atomic E-state index is -2.85. The van der Waals surface area contributed by atoms with Gasteiger partial charge in [-0.25, -0.2) is 8.42 Å². The van der Waals surface area contributed by atoms with Gasteiger partial charge in [-0.15, -0.1) is 0 Å². The summed E-state index contributed by atoms with van der Waals surface area (Å²) in [5, 5.41) is 9.75. The highest BCUT2D eigenvalue weighted by Gasteiger charge is 2.30. The van der Waals surface area contributed by atoms with E-state index in [0.29, 0.717) is 18.6 Å². The zero-order valence-electron chi connectivity index (χ0n) is 8.30. The summed E-state index contributed by atoms with van der Waals surface area (Å²) < 4.78 is 27.5. The van der Waals surface area contributed by atoms with Crippen LogP contribution in [0.15, 0.2) is 22.8 Å². The largest absolute Gasteiger partial charge is 0.467 e. The molecule has 0 spiro atoms. The molecule has 1 aromatic heterocycles. The van der Waals surface area contributed by atoms with Gasteiger partial charge in [-0.3, -0.25) is 0 Å². The van der Waals surface area contributed by atoms with Gasteiger partial charge in [0.05, 0.1) is 17.8 Å². The predicted octanol–water partition coefficient (Wildman–Crippen LogP) is 1.14. The fourth-order valence-electron chi connectivity index (χ4n) is 1.97. The molecule has 1 aliphatic rings. The number of hydrogen-bond acceptors (Lipinski definition) is 4. The van der Waals surface area contributed by atoms with Gasteiger partial charge in [-0.05, 0) is 30.9 Å². The maximum atomic E-state index is 11.2. The molecule has 2 atom stereocenters. The Labute approximate surface area is 88.8 Å². The van der Waals surface area contributed by atoms with Gasteiger partial charge >= 0.3 is 0 Å². The van der Waals surface area contributed by atoms with E-state index >= 15 is 0 Å². The van der Waals surface area contributed by atoms with Gasteiger partial charge in [0.1, 0.15) is 11.9 Å². The van der Waals surface area contributed by atoms with Crippen LogP contribution in [-0.2, 0) is 9.84 Å². The highest BCUT2D eigenvalue weighted by molar-refractivity contribution is 7.91. The standard InChI is InChI=1S/C10H14O4S/c11-9(10-2-1-4-14-10)6-8-3-5-15(12,13)7-8/h1-2,4,8-9,11H,3,5-7H2. The molecule has 0 aromatic carbocycles. The molecule has 0 saturated carbocycles. The van der Waals surface area contributed by atoms with Gasteiger partial charge in [0.25, 0.3) is 0 Å². The highest BCUT2D eigenvalue weighted by atomic mass is 32.2. The van der Waals surface area contributed by atoms with Crippen LogP contribution in [0.1, 0.15) is 24.7 Å². The minimum absolute atomic E-state index is 0.0649. The molecule has 1 N–H and O–H groups in total. The number of rotatable bonds is 3. The first-order valence-corrected chi connectivity index (χ1v) is 6.81. The Balaban J connectivity index is 1.94. The lowest BCUT2D eigenvalue weighted by atomic mass is 10.00. The Morgan fingerprint density at radius 3 is 2.93 bits per heavy atom. The number of hydrogen-bond donors (Lipinski definition) is 1. The van der Waals surface area contributed by atoms with Crippen molar-refractivity contribution in [2.75, 3.05) is 11.5 Å². The summed E-state index contributed by atoms with van der Waals surface area (Å²) in [6, 6.07) is 3.41. The fraction of sp³-hybridized carbons (Fsp3) is 0.600. The second-order valence-corrected chi connectivity index (χ2v) is 6.26. The van der Waals surface area contributed by atoms with Gasteiger partial charge in [0.2, 0.25) is 0 Å². The Morgan fingerprint density at radius 2 is 2.40 bits per heavy atom. The molecule has 2 unspecified atom stereocenters. The van der Waals surface area contributed by atoms with E-state index in [0.717, 1.165) is 0 Å². The van der Waals surface area contributed by atoms with Crippen LogP contribution < -0.4 is 0 Å². The number of sulfone groups is 1. The monoisotopic (exact) mass is 230 g/mol. The molecule has 2 rings (SSSR count). The number of furan rings is 1. The molecular formula is C10H14O4S. The molecule has 2 heterocycles. The summed E-state index contributed by atoms with van der Waals surface area (Å²) >= 11 is 0. The lowest BCUT2D eigenvalue weighted by molar-refractivity contribution is 0.124. The SMILES string of the molecule is O=S1(=O)CCC(CC(O)c2ccco2)C1. The molecule has 4 nitrogen and oxygen atoms in total. The van der Waals surface area contributed by atoms with Crippen LogP contribution >= 0.6 is 0 Å². The van der Waals surface area contributed by atoms with Crippen LogP contribution in [0.5, 0.6) is 0 Å². The van der Waals surface area contributed by atoms with Crippen molar-refractivity contribution in [1.29, 1.82) is 0 Å². The maximum absolute atomic E-state index is 11.2. The smallest absolute Gasteiger partial charge is 0.150 e. The molecule has 1 fully saturated rings. The Hall–Kier alpha value is -0.810. The summed E-state index contributed by atoms with van der Waals surface area (Å²) in [4.78, 5) is 0. The van der Waals surface area contributed by atoms with Crippen molar-refractivity contribution < 1.29 is 17.9 Å². The first-order valence-electron chi connectivity index (χ1n) is 4.99. The van der Waals surface area contributed by atoms with Crippen molar-refractivity contribution in [3.05, 3.63) is 24.2 Å². The third kappa shape index (κ3) is 2.60. The lowest BCUT2D eigenvalue weighted by Crippen LogP contribution is -2.09. The van der Waals surface area contributed by atoms with Gasteiger partial charge < -0.3 is 9.52 Å². The third-order valence-corrected chi connectivity index (χ3v) is 4.59. The Bertz CT molecular complexity index is 407. The molecule has 0 amide bonds.